The number of hydrogen-bond donors (Lipinski definition) is 2. The Labute approximate surface area is 171 Å². The summed E-state index contributed by atoms with van der Waals surface area (Å²) in [5.41, 5.74) is 7.22. The molecule has 1 aliphatic rings. The summed E-state index contributed by atoms with van der Waals surface area (Å²) < 4.78 is 39.9. The molecule has 0 radical (unpaired) electrons. The zero-order valence-corrected chi connectivity index (χ0v) is 16.6. The van der Waals surface area contributed by atoms with E-state index < -0.39 is 27.6 Å². The average Bonchev–Trinajstić information content (AvgIpc) is 2.72. The number of nitrogens with zero attached hydrogens (tertiary/aromatic N) is 5. The molecule has 0 bridgehead atoms. The molecule has 2 aromatic heterocycles. The number of aromatic nitrogens is 2. The number of sulfonamides is 1. The SMILES string of the molecule is CN1C(N)=NC(c2cc(Nc3nccc4cc(C#N)cnc34)ccc2F)CS1(=O)=O. The molecular formula is C19H16FN7O2S. The van der Waals surface area contributed by atoms with Gasteiger partial charge in [0.25, 0.3) is 0 Å². The summed E-state index contributed by atoms with van der Waals surface area (Å²) in [5, 5.41) is 12.8. The molecule has 1 unspecified atom stereocenters. The number of benzene rings is 1. The van der Waals surface area contributed by atoms with Crippen LogP contribution in [0.1, 0.15) is 17.2 Å². The Bertz CT molecular complexity index is 1330. The van der Waals surface area contributed by atoms with Crippen LogP contribution in [0.3, 0.4) is 0 Å². The first-order valence-electron chi connectivity index (χ1n) is 8.80. The van der Waals surface area contributed by atoms with Gasteiger partial charge in [-0.15, -0.1) is 0 Å². The number of hydrogen-bond acceptors (Lipinski definition) is 8. The number of nitrogens with two attached hydrogens (primary N) is 1. The molecule has 0 saturated carbocycles. The molecule has 0 aliphatic carbocycles. The van der Waals surface area contributed by atoms with E-state index in [-0.39, 0.29) is 11.5 Å². The van der Waals surface area contributed by atoms with Crippen LogP contribution in [-0.2, 0) is 10.0 Å². The Morgan fingerprint density at radius 2 is 2.10 bits per heavy atom. The van der Waals surface area contributed by atoms with E-state index in [9.17, 15) is 12.8 Å². The molecule has 152 valence electrons. The molecule has 11 heteroatoms. The first-order valence-corrected chi connectivity index (χ1v) is 10.4. The summed E-state index contributed by atoms with van der Waals surface area (Å²) in [6, 6.07) is 8.67. The van der Waals surface area contributed by atoms with E-state index >= 15 is 0 Å². The zero-order chi connectivity index (χ0) is 21.5. The van der Waals surface area contributed by atoms with Crippen molar-refractivity contribution in [3.63, 3.8) is 0 Å². The molecule has 30 heavy (non-hydrogen) atoms. The minimum atomic E-state index is -3.69. The molecule has 9 nitrogen and oxygen atoms in total. The number of nitriles is 1. The summed E-state index contributed by atoms with van der Waals surface area (Å²) in [4.78, 5) is 12.7. The van der Waals surface area contributed by atoms with Crippen molar-refractivity contribution in [1.82, 2.24) is 14.3 Å². The zero-order valence-electron chi connectivity index (χ0n) is 15.7. The summed E-state index contributed by atoms with van der Waals surface area (Å²) in [7, 11) is -2.39. The van der Waals surface area contributed by atoms with Crippen LogP contribution in [0.4, 0.5) is 15.9 Å². The van der Waals surface area contributed by atoms with Gasteiger partial charge in [0.2, 0.25) is 16.0 Å². The summed E-state index contributed by atoms with van der Waals surface area (Å²) >= 11 is 0. The number of guanidine groups is 1. The van der Waals surface area contributed by atoms with Crippen LogP contribution in [0, 0.1) is 17.1 Å². The van der Waals surface area contributed by atoms with Gasteiger partial charge in [-0.1, -0.05) is 0 Å². The van der Waals surface area contributed by atoms with Crippen molar-refractivity contribution in [3.05, 3.63) is 59.7 Å². The van der Waals surface area contributed by atoms with Crippen molar-refractivity contribution in [3.8, 4) is 6.07 Å². The Morgan fingerprint density at radius 1 is 1.30 bits per heavy atom. The standard InChI is InChI=1S/C19H16FN7O2S/c1-27-19(22)26-16(10-30(27,28)29)14-7-13(2-3-15(14)20)25-18-17-12(4-5-23-18)6-11(8-21)9-24-17/h2-7,9,16H,10H2,1H3,(H2,22,26)(H,23,25). The van der Waals surface area contributed by atoms with E-state index in [0.29, 0.717) is 28.0 Å². The highest BCUT2D eigenvalue weighted by atomic mass is 32.2. The molecule has 0 saturated heterocycles. The summed E-state index contributed by atoms with van der Waals surface area (Å²) in [6.45, 7) is 0. The van der Waals surface area contributed by atoms with Gasteiger partial charge in [-0.05, 0) is 30.3 Å². The lowest BCUT2D eigenvalue weighted by atomic mass is 10.1. The monoisotopic (exact) mass is 425 g/mol. The first-order chi connectivity index (χ1) is 14.3. The maximum absolute atomic E-state index is 14.5. The van der Waals surface area contributed by atoms with Crippen molar-refractivity contribution >= 4 is 38.4 Å². The minimum absolute atomic E-state index is 0.0968. The molecule has 0 fully saturated rings. The van der Waals surface area contributed by atoms with Gasteiger partial charge in [-0.25, -0.2) is 27.1 Å². The highest BCUT2D eigenvalue weighted by Crippen LogP contribution is 2.30. The maximum atomic E-state index is 14.5. The number of rotatable bonds is 3. The van der Waals surface area contributed by atoms with Crippen LogP contribution in [0.5, 0.6) is 0 Å². The van der Waals surface area contributed by atoms with Gasteiger partial charge < -0.3 is 11.1 Å². The van der Waals surface area contributed by atoms with Crippen molar-refractivity contribution < 1.29 is 12.8 Å². The van der Waals surface area contributed by atoms with E-state index in [1.807, 2.05) is 6.07 Å². The molecular weight excluding hydrogens is 409 g/mol. The molecule has 1 aromatic carbocycles. The van der Waals surface area contributed by atoms with Crippen LogP contribution in [0.25, 0.3) is 10.9 Å². The van der Waals surface area contributed by atoms with E-state index in [1.165, 1.54) is 31.4 Å². The fourth-order valence-corrected chi connectivity index (χ4v) is 4.33. The third kappa shape index (κ3) is 3.48. The number of aliphatic imine (C=N–C) groups is 1. The largest absolute Gasteiger partial charge is 0.369 e. The third-order valence-electron chi connectivity index (χ3n) is 4.74. The lowest BCUT2D eigenvalue weighted by Crippen LogP contribution is -2.45. The smallest absolute Gasteiger partial charge is 0.239 e. The fraction of sp³-hybridized carbons (Fsp3) is 0.158. The quantitative estimate of drug-likeness (QED) is 0.655. The Morgan fingerprint density at radius 3 is 2.83 bits per heavy atom. The van der Waals surface area contributed by atoms with Gasteiger partial charge in [-0.3, -0.25) is 4.98 Å². The first kappa shape index (κ1) is 19.5. The Balaban J connectivity index is 1.72. The van der Waals surface area contributed by atoms with Gasteiger partial charge in [0.15, 0.2) is 5.82 Å². The molecule has 0 spiro atoms. The van der Waals surface area contributed by atoms with Crippen molar-refractivity contribution in [2.24, 2.45) is 10.7 Å². The Kier molecular flexibility index (Phi) is 4.71. The summed E-state index contributed by atoms with van der Waals surface area (Å²) in [5.74, 6) is -0.773. The normalized spacial score (nSPS) is 18.0. The van der Waals surface area contributed by atoms with Crippen LogP contribution in [0.15, 0.2) is 47.7 Å². The number of fused-ring (bicyclic) bond motifs is 1. The molecule has 0 amide bonds. The van der Waals surface area contributed by atoms with E-state index in [4.69, 9.17) is 11.0 Å². The van der Waals surface area contributed by atoms with Gasteiger partial charge in [0, 0.05) is 36.1 Å². The molecule has 1 aliphatic heterocycles. The highest BCUT2D eigenvalue weighted by molar-refractivity contribution is 7.89. The van der Waals surface area contributed by atoms with Crippen molar-refractivity contribution in [1.29, 1.82) is 5.26 Å². The lowest BCUT2D eigenvalue weighted by molar-refractivity contribution is 0.525. The number of nitrogens with one attached hydrogen (secondary N) is 1. The molecule has 3 heterocycles. The second-order valence-electron chi connectivity index (χ2n) is 6.68. The number of halogens is 1. The average molecular weight is 425 g/mol. The molecule has 3 aromatic rings. The van der Waals surface area contributed by atoms with Gasteiger partial charge >= 0.3 is 0 Å². The summed E-state index contributed by atoms with van der Waals surface area (Å²) in [6.07, 6.45) is 3.00. The van der Waals surface area contributed by atoms with Crippen LogP contribution in [-0.4, -0.2) is 41.5 Å². The van der Waals surface area contributed by atoms with Crippen molar-refractivity contribution in [2.45, 2.75) is 6.04 Å². The fourth-order valence-electron chi connectivity index (χ4n) is 3.12. The van der Waals surface area contributed by atoms with E-state index in [2.05, 4.69) is 20.3 Å². The predicted molar refractivity (Wildman–Crippen MR) is 110 cm³/mol. The molecule has 1 atom stereocenters. The second-order valence-corrected chi connectivity index (χ2v) is 8.72. The minimum Gasteiger partial charge on any atom is -0.369 e. The van der Waals surface area contributed by atoms with Gasteiger partial charge in [0.1, 0.15) is 17.4 Å². The lowest BCUT2D eigenvalue weighted by Gasteiger charge is -2.27. The maximum Gasteiger partial charge on any atom is 0.239 e. The van der Waals surface area contributed by atoms with Crippen LogP contribution < -0.4 is 11.1 Å². The van der Waals surface area contributed by atoms with Gasteiger partial charge in [-0.2, -0.15) is 5.26 Å². The number of pyridine rings is 2. The highest BCUT2D eigenvalue weighted by Gasteiger charge is 2.32. The third-order valence-corrected chi connectivity index (χ3v) is 6.50. The van der Waals surface area contributed by atoms with E-state index in [1.54, 1.807) is 18.3 Å². The van der Waals surface area contributed by atoms with Crippen molar-refractivity contribution in [2.75, 3.05) is 18.1 Å². The predicted octanol–water partition coefficient (Wildman–Crippen LogP) is 2.02. The van der Waals surface area contributed by atoms with E-state index in [0.717, 1.165) is 4.31 Å². The van der Waals surface area contributed by atoms with Crippen LogP contribution in [0.2, 0.25) is 0 Å². The Hall–Kier alpha value is -3.78. The van der Waals surface area contributed by atoms with Crippen LogP contribution >= 0.6 is 0 Å². The topological polar surface area (TPSA) is 137 Å². The molecule has 3 N–H and O–H groups in total. The second kappa shape index (κ2) is 7.23. The number of anilines is 2. The molecule has 4 rings (SSSR count). The van der Waals surface area contributed by atoms with Gasteiger partial charge in [0.05, 0.1) is 17.4 Å².